The summed E-state index contributed by atoms with van der Waals surface area (Å²) in [5.41, 5.74) is 3.11. The third-order valence-electron chi connectivity index (χ3n) is 5.39. The molecule has 2 aromatic rings. The van der Waals surface area contributed by atoms with Crippen LogP contribution in [0, 0.1) is 6.92 Å². The molecule has 4 rings (SSSR count). The second-order valence-electron chi connectivity index (χ2n) is 7.30. The minimum atomic E-state index is -0.559. The maximum absolute atomic E-state index is 10.2. The summed E-state index contributed by atoms with van der Waals surface area (Å²) in [6.07, 6.45) is 5.13. The molecule has 0 unspecified atom stereocenters. The number of halogens is 1. The van der Waals surface area contributed by atoms with Crippen molar-refractivity contribution < 1.29 is 9.84 Å². The molecule has 0 amide bonds. The van der Waals surface area contributed by atoms with Gasteiger partial charge in [0, 0.05) is 42.0 Å². The van der Waals surface area contributed by atoms with Crippen LogP contribution in [0.1, 0.15) is 47.4 Å². The first-order valence-electron chi connectivity index (χ1n) is 8.73. The number of pyridine rings is 1. The maximum atomic E-state index is 10.2. The van der Waals surface area contributed by atoms with Gasteiger partial charge in [0.1, 0.15) is 11.7 Å². The van der Waals surface area contributed by atoms with Gasteiger partial charge in [0.15, 0.2) is 0 Å². The molecule has 1 spiro atoms. The average molecular weight is 379 g/mol. The average Bonchev–Trinajstić information content (AvgIpc) is 2.98. The fraction of sp³-hybridized carbons (Fsp3) is 0.526. The lowest BCUT2D eigenvalue weighted by molar-refractivity contribution is -0.139. The third kappa shape index (κ3) is 3.24. The highest BCUT2D eigenvalue weighted by Crippen LogP contribution is 2.50. The number of piperidine rings is 1. The molecular weight excluding hydrogens is 356 g/mol. The number of aromatic nitrogens is 1. The van der Waals surface area contributed by atoms with E-state index in [1.165, 1.54) is 11.1 Å². The molecule has 0 aromatic carbocycles. The Morgan fingerprint density at radius 3 is 3.04 bits per heavy atom. The predicted molar refractivity (Wildman–Crippen MR) is 100.0 cm³/mol. The van der Waals surface area contributed by atoms with E-state index in [0.717, 1.165) is 40.7 Å². The van der Waals surface area contributed by atoms with Crippen LogP contribution >= 0.6 is 22.9 Å². The lowest BCUT2D eigenvalue weighted by Gasteiger charge is -2.47. The Morgan fingerprint density at radius 1 is 1.44 bits per heavy atom. The van der Waals surface area contributed by atoms with E-state index in [0.29, 0.717) is 12.6 Å². The summed E-state index contributed by atoms with van der Waals surface area (Å²) < 4.78 is 6.94. The number of aryl methyl sites for hydroxylation is 1. The fourth-order valence-corrected chi connectivity index (χ4v) is 5.61. The van der Waals surface area contributed by atoms with Crippen molar-refractivity contribution in [2.75, 3.05) is 13.2 Å². The van der Waals surface area contributed by atoms with E-state index < -0.39 is 6.10 Å². The Labute approximate surface area is 157 Å². The summed E-state index contributed by atoms with van der Waals surface area (Å²) in [7, 11) is 0. The predicted octanol–water partition coefficient (Wildman–Crippen LogP) is 4.05. The Morgan fingerprint density at radius 2 is 2.28 bits per heavy atom. The second kappa shape index (κ2) is 6.63. The van der Waals surface area contributed by atoms with Gasteiger partial charge in [0.05, 0.1) is 10.9 Å². The molecule has 134 valence electrons. The summed E-state index contributed by atoms with van der Waals surface area (Å²) in [5.74, 6) is 0. The maximum Gasteiger partial charge on any atom is 0.105 e. The van der Waals surface area contributed by atoms with Crippen LogP contribution < -0.4 is 0 Å². The highest BCUT2D eigenvalue weighted by Gasteiger charge is 2.46. The van der Waals surface area contributed by atoms with Crippen LogP contribution in [0.2, 0.25) is 4.34 Å². The zero-order valence-corrected chi connectivity index (χ0v) is 16.1. The smallest absolute Gasteiger partial charge is 0.105 e. The van der Waals surface area contributed by atoms with E-state index in [1.807, 2.05) is 18.5 Å². The molecule has 0 bridgehead atoms. The van der Waals surface area contributed by atoms with Crippen LogP contribution in [0.5, 0.6) is 0 Å². The molecule has 1 saturated heterocycles. The molecule has 0 radical (unpaired) electrons. The SMILES string of the molecule is Cc1cncc(CN2CC[C@]3(C[C@@H]2C)OC[C@H](O)c2cc(Cl)sc23)c1. The van der Waals surface area contributed by atoms with Gasteiger partial charge in [-0.1, -0.05) is 17.7 Å². The number of hydrogen-bond donors (Lipinski definition) is 1. The molecule has 2 aromatic heterocycles. The number of nitrogens with zero attached hydrogens (tertiary/aromatic N) is 2. The first-order chi connectivity index (χ1) is 12.0. The Kier molecular flexibility index (Phi) is 4.63. The molecular formula is C19H23ClN2O2S. The van der Waals surface area contributed by atoms with Gasteiger partial charge in [0.2, 0.25) is 0 Å². The molecule has 4 heterocycles. The zero-order valence-electron chi connectivity index (χ0n) is 14.5. The number of rotatable bonds is 2. The van der Waals surface area contributed by atoms with Crippen LogP contribution in [-0.4, -0.2) is 34.2 Å². The zero-order chi connectivity index (χ0) is 17.6. The van der Waals surface area contributed by atoms with E-state index in [-0.39, 0.29) is 5.60 Å². The topological polar surface area (TPSA) is 45.6 Å². The number of thiophene rings is 1. The number of ether oxygens (including phenoxy) is 1. The van der Waals surface area contributed by atoms with Crippen LogP contribution in [0.25, 0.3) is 0 Å². The first kappa shape index (κ1) is 17.4. The summed E-state index contributed by atoms with van der Waals surface area (Å²) in [6.45, 7) is 6.56. The molecule has 2 aliphatic heterocycles. The molecule has 0 aliphatic carbocycles. The van der Waals surface area contributed by atoms with Gasteiger partial charge in [-0.3, -0.25) is 9.88 Å². The molecule has 1 N–H and O–H groups in total. The Hall–Kier alpha value is -0.980. The van der Waals surface area contributed by atoms with Gasteiger partial charge in [-0.15, -0.1) is 11.3 Å². The molecule has 1 fully saturated rings. The van der Waals surface area contributed by atoms with Gasteiger partial charge < -0.3 is 9.84 Å². The number of aliphatic hydroxyl groups excluding tert-OH is 1. The molecule has 2 aliphatic rings. The molecule has 0 saturated carbocycles. The largest absolute Gasteiger partial charge is 0.386 e. The van der Waals surface area contributed by atoms with Crippen LogP contribution in [0.3, 0.4) is 0 Å². The summed E-state index contributed by atoms with van der Waals surface area (Å²) >= 11 is 7.80. The first-order valence-corrected chi connectivity index (χ1v) is 9.92. The Balaban J connectivity index is 1.54. The minimum absolute atomic E-state index is 0.298. The standard InChI is InChI=1S/C19H23ClN2O2S/c1-12-5-14(9-21-8-12)10-22-4-3-19(7-13(22)2)18-15(6-17(20)25-18)16(23)11-24-19/h5-6,8-9,13,16,23H,3-4,7,10-11H2,1-2H3/t13-,16-,19+/m0/s1. The van der Waals surface area contributed by atoms with Gasteiger partial charge >= 0.3 is 0 Å². The van der Waals surface area contributed by atoms with Gasteiger partial charge in [-0.25, -0.2) is 0 Å². The summed E-state index contributed by atoms with van der Waals surface area (Å²) in [6, 6.07) is 4.50. The number of fused-ring (bicyclic) bond motifs is 2. The lowest BCUT2D eigenvalue weighted by atomic mass is 9.81. The second-order valence-corrected chi connectivity index (χ2v) is 8.98. The fourth-order valence-electron chi connectivity index (χ4n) is 4.13. The minimum Gasteiger partial charge on any atom is -0.386 e. The number of aliphatic hydroxyl groups is 1. The van der Waals surface area contributed by atoms with Crippen molar-refractivity contribution in [3.8, 4) is 0 Å². The lowest BCUT2D eigenvalue weighted by Crippen LogP contribution is -2.50. The summed E-state index contributed by atoms with van der Waals surface area (Å²) in [5, 5.41) is 10.2. The van der Waals surface area contributed by atoms with Gasteiger partial charge in [0.25, 0.3) is 0 Å². The molecule has 6 heteroatoms. The summed E-state index contributed by atoms with van der Waals surface area (Å²) in [4.78, 5) is 7.92. The molecule has 4 nitrogen and oxygen atoms in total. The Bertz CT molecular complexity index is 781. The normalized spacial score (nSPS) is 29.8. The third-order valence-corrected chi connectivity index (χ3v) is 6.85. The van der Waals surface area contributed by atoms with Crippen molar-refractivity contribution in [3.63, 3.8) is 0 Å². The quantitative estimate of drug-likeness (QED) is 0.856. The van der Waals surface area contributed by atoms with Crippen molar-refractivity contribution in [2.24, 2.45) is 0 Å². The monoisotopic (exact) mass is 378 g/mol. The van der Waals surface area contributed by atoms with Crippen LogP contribution in [0.15, 0.2) is 24.5 Å². The van der Waals surface area contributed by atoms with Gasteiger partial charge in [-0.2, -0.15) is 0 Å². The number of hydrogen-bond acceptors (Lipinski definition) is 5. The number of likely N-dealkylation sites (tertiary alicyclic amines) is 1. The van der Waals surface area contributed by atoms with Crippen molar-refractivity contribution in [3.05, 3.63) is 50.4 Å². The van der Waals surface area contributed by atoms with E-state index in [1.54, 1.807) is 11.3 Å². The highest BCUT2D eigenvalue weighted by atomic mass is 35.5. The van der Waals surface area contributed by atoms with E-state index in [9.17, 15) is 5.11 Å². The van der Waals surface area contributed by atoms with Crippen molar-refractivity contribution >= 4 is 22.9 Å². The van der Waals surface area contributed by atoms with E-state index >= 15 is 0 Å². The van der Waals surface area contributed by atoms with Crippen molar-refractivity contribution in [1.82, 2.24) is 9.88 Å². The van der Waals surface area contributed by atoms with Gasteiger partial charge in [-0.05, 0) is 43.9 Å². The van der Waals surface area contributed by atoms with Crippen molar-refractivity contribution in [1.29, 1.82) is 0 Å². The van der Waals surface area contributed by atoms with Crippen LogP contribution in [0.4, 0.5) is 0 Å². The van der Waals surface area contributed by atoms with E-state index in [4.69, 9.17) is 16.3 Å². The van der Waals surface area contributed by atoms with Crippen LogP contribution in [-0.2, 0) is 16.9 Å². The highest BCUT2D eigenvalue weighted by molar-refractivity contribution is 7.16. The molecule has 3 atom stereocenters. The van der Waals surface area contributed by atoms with E-state index in [2.05, 4.69) is 29.8 Å². The van der Waals surface area contributed by atoms with Crippen molar-refractivity contribution in [2.45, 2.75) is 51.0 Å². The molecule has 25 heavy (non-hydrogen) atoms.